The highest BCUT2D eigenvalue weighted by Crippen LogP contribution is 2.28. The SMILES string of the molecule is CCOc1cc(C=O)ccc1OCC(O)CN(Cc1ccc(C(C)C)cc1)C1CCS(=O)(=O)C1. The normalized spacial score (nSPS) is 18.2. The molecule has 0 spiro atoms. The minimum Gasteiger partial charge on any atom is -0.490 e. The number of benzene rings is 2. The van der Waals surface area contributed by atoms with E-state index in [1.54, 1.807) is 18.2 Å². The molecule has 34 heavy (non-hydrogen) atoms. The highest BCUT2D eigenvalue weighted by atomic mass is 32.2. The van der Waals surface area contributed by atoms with Gasteiger partial charge in [0.15, 0.2) is 21.3 Å². The van der Waals surface area contributed by atoms with E-state index in [0.717, 1.165) is 11.8 Å². The van der Waals surface area contributed by atoms with Gasteiger partial charge in [0.1, 0.15) is 19.0 Å². The Bertz CT molecular complexity index is 1050. The van der Waals surface area contributed by atoms with Gasteiger partial charge in [0.05, 0.1) is 18.1 Å². The van der Waals surface area contributed by atoms with Gasteiger partial charge in [-0.25, -0.2) is 8.42 Å². The molecule has 0 bridgehead atoms. The standard InChI is InChI=1S/C26H35NO6S/c1-4-32-26-13-21(16-28)7-10-25(26)33-17-24(29)15-27(23-11-12-34(30,31)18-23)14-20-5-8-22(9-6-20)19(2)3/h5-10,13,16,19,23-24,29H,4,11-12,14-15,17-18H2,1-3H3. The van der Waals surface area contributed by atoms with Crippen molar-refractivity contribution < 1.29 is 27.8 Å². The zero-order valence-corrected chi connectivity index (χ0v) is 21.0. The quantitative estimate of drug-likeness (QED) is 0.457. The van der Waals surface area contributed by atoms with E-state index in [4.69, 9.17) is 9.47 Å². The molecular weight excluding hydrogens is 454 g/mol. The third-order valence-electron chi connectivity index (χ3n) is 6.04. The zero-order chi connectivity index (χ0) is 24.7. The van der Waals surface area contributed by atoms with Crippen LogP contribution in [0.4, 0.5) is 0 Å². The largest absolute Gasteiger partial charge is 0.490 e. The van der Waals surface area contributed by atoms with Gasteiger partial charge < -0.3 is 14.6 Å². The number of carbonyl (C=O) groups is 1. The molecule has 1 saturated heterocycles. The van der Waals surface area contributed by atoms with E-state index in [-0.39, 0.29) is 30.7 Å². The molecule has 0 saturated carbocycles. The van der Waals surface area contributed by atoms with Crippen LogP contribution in [0.5, 0.6) is 11.5 Å². The molecular formula is C26H35NO6S. The number of rotatable bonds is 12. The first kappa shape index (κ1) is 26.2. The van der Waals surface area contributed by atoms with Crippen LogP contribution in [-0.2, 0) is 16.4 Å². The van der Waals surface area contributed by atoms with E-state index in [1.165, 1.54) is 5.56 Å². The maximum Gasteiger partial charge on any atom is 0.161 e. The molecule has 2 aromatic rings. The lowest BCUT2D eigenvalue weighted by Gasteiger charge is -2.30. The molecule has 186 valence electrons. The first-order valence-electron chi connectivity index (χ1n) is 11.8. The molecule has 7 nitrogen and oxygen atoms in total. The van der Waals surface area contributed by atoms with Crippen LogP contribution in [0.3, 0.4) is 0 Å². The number of nitrogens with zero attached hydrogens (tertiary/aromatic N) is 1. The Kier molecular flexibility index (Phi) is 9.10. The lowest BCUT2D eigenvalue weighted by molar-refractivity contribution is 0.0515. The van der Waals surface area contributed by atoms with Crippen molar-refractivity contribution in [2.75, 3.05) is 31.3 Å². The predicted molar refractivity (Wildman–Crippen MR) is 133 cm³/mol. The fraction of sp³-hybridized carbons (Fsp3) is 0.500. The lowest BCUT2D eigenvalue weighted by atomic mass is 10.0. The van der Waals surface area contributed by atoms with E-state index < -0.39 is 15.9 Å². The maximum absolute atomic E-state index is 12.1. The summed E-state index contributed by atoms with van der Waals surface area (Å²) in [4.78, 5) is 13.1. The first-order chi connectivity index (χ1) is 16.2. The topological polar surface area (TPSA) is 93.1 Å². The minimum atomic E-state index is -3.06. The van der Waals surface area contributed by atoms with Gasteiger partial charge in [-0.2, -0.15) is 0 Å². The second-order valence-corrected chi connectivity index (χ2v) is 11.3. The van der Waals surface area contributed by atoms with E-state index in [1.807, 2.05) is 11.8 Å². The lowest BCUT2D eigenvalue weighted by Crippen LogP contribution is -2.42. The summed E-state index contributed by atoms with van der Waals surface area (Å²) >= 11 is 0. The average molecular weight is 490 g/mol. The Hall–Kier alpha value is -2.42. The summed E-state index contributed by atoms with van der Waals surface area (Å²) in [5.41, 5.74) is 2.80. The number of sulfone groups is 1. The Morgan fingerprint density at radius 1 is 1.12 bits per heavy atom. The molecule has 2 atom stereocenters. The summed E-state index contributed by atoms with van der Waals surface area (Å²) in [5.74, 6) is 1.61. The van der Waals surface area contributed by atoms with Gasteiger partial charge in [-0.15, -0.1) is 0 Å². The number of hydrogen-bond acceptors (Lipinski definition) is 7. The highest BCUT2D eigenvalue weighted by Gasteiger charge is 2.33. The van der Waals surface area contributed by atoms with Gasteiger partial charge >= 0.3 is 0 Å². The van der Waals surface area contributed by atoms with Gasteiger partial charge in [0, 0.05) is 24.7 Å². The molecule has 2 unspecified atom stereocenters. The van der Waals surface area contributed by atoms with Gasteiger partial charge in [-0.05, 0) is 48.6 Å². The Labute approximate surface area is 202 Å². The predicted octanol–water partition coefficient (Wildman–Crippen LogP) is 3.45. The summed E-state index contributed by atoms with van der Waals surface area (Å²) in [7, 11) is -3.06. The van der Waals surface area contributed by atoms with Crippen molar-refractivity contribution in [1.29, 1.82) is 0 Å². The maximum atomic E-state index is 12.1. The fourth-order valence-electron chi connectivity index (χ4n) is 4.14. The van der Waals surface area contributed by atoms with E-state index >= 15 is 0 Å². The van der Waals surface area contributed by atoms with Crippen LogP contribution in [0, 0.1) is 0 Å². The van der Waals surface area contributed by atoms with Gasteiger partial charge in [0.2, 0.25) is 0 Å². The number of aldehydes is 1. The van der Waals surface area contributed by atoms with E-state index in [0.29, 0.717) is 42.6 Å². The van der Waals surface area contributed by atoms with Crippen molar-refractivity contribution in [2.24, 2.45) is 0 Å². The van der Waals surface area contributed by atoms with Gasteiger partial charge in [-0.1, -0.05) is 38.1 Å². The third-order valence-corrected chi connectivity index (χ3v) is 7.79. The molecule has 1 N–H and O–H groups in total. The summed E-state index contributed by atoms with van der Waals surface area (Å²) in [6, 6.07) is 13.1. The van der Waals surface area contributed by atoms with Crippen molar-refractivity contribution in [3.63, 3.8) is 0 Å². The molecule has 0 amide bonds. The van der Waals surface area contributed by atoms with Crippen LogP contribution in [0.2, 0.25) is 0 Å². The molecule has 1 fully saturated rings. The van der Waals surface area contributed by atoms with Crippen molar-refractivity contribution in [3.05, 3.63) is 59.2 Å². The monoisotopic (exact) mass is 489 g/mol. The van der Waals surface area contributed by atoms with Gasteiger partial charge in [0.25, 0.3) is 0 Å². The molecule has 1 heterocycles. The average Bonchev–Trinajstić information content (AvgIpc) is 3.18. The second-order valence-electron chi connectivity index (χ2n) is 9.10. The second kappa shape index (κ2) is 11.8. The third kappa shape index (κ3) is 7.29. The molecule has 0 aromatic heterocycles. The van der Waals surface area contributed by atoms with Crippen LogP contribution in [0.25, 0.3) is 0 Å². The summed E-state index contributed by atoms with van der Waals surface area (Å²) < 4.78 is 35.6. The molecule has 0 radical (unpaired) electrons. The number of ether oxygens (including phenoxy) is 2. The zero-order valence-electron chi connectivity index (χ0n) is 20.1. The van der Waals surface area contributed by atoms with E-state index in [9.17, 15) is 18.3 Å². The van der Waals surface area contributed by atoms with Gasteiger partial charge in [-0.3, -0.25) is 9.69 Å². The minimum absolute atomic E-state index is 0.0166. The molecule has 2 aromatic carbocycles. The van der Waals surface area contributed by atoms with Crippen molar-refractivity contribution in [1.82, 2.24) is 4.90 Å². The Morgan fingerprint density at radius 2 is 1.85 bits per heavy atom. The summed E-state index contributed by atoms with van der Waals surface area (Å²) in [6.07, 6.45) is 0.461. The molecule has 8 heteroatoms. The summed E-state index contributed by atoms with van der Waals surface area (Å²) in [6.45, 7) is 7.39. The van der Waals surface area contributed by atoms with Crippen LogP contribution in [0.15, 0.2) is 42.5 Å². The Morgan fingerprint density at radius 3 is 2.44 bits per heavy atom. The molecule has 3 rings (SSSR count). The van der Waals surface area contributed by atoms with Crippen LogP contribution in [-0.4, -0.2) is 68.1 Å². The highest BCUT2D eigenvalue weighted by molar-refractivity contribution is 7.91. The van der Waals surface area contributed by atoms with Crippen molar-refractivity contribution in [3.8, 4) is 11.5 Å². The first-order valence-corrected chi connectivity index (χ1v) is 13.6. The summed E-state index contributed by atoms with van der Waals surface area (Å²) in [5, 5.41) is 10.8. The van der Waals surface area contributed by atoms with Crippen LogP contribution < -0.4 is 9.47 Å². The number of aliphatic hydroxyl groups excluding tert-OH is 1. The van der Waals surface area contributed by atoms with Crippen LogP contribution >= 0.6 is 0 Å². The number of aliphatic hydroxyl groups is 1. The molecule has 1 aliphatic heterocycles. The number of hydrogen-bond donors (Lipinski definition) is 1. The molecule has 0 aliphatic carbocycles. The smallest absolute Gasteiger partial charge is 0.161 e. The Balaban J connectivity index is 1.68. The van der Waals surface area contributed by atoms with E-state index in [2.05, 4.69) is 38.1 Å². The van der Waals surface area contributed by atoms with Crippen LogP contribution in [0.1, 0.15) is 54.6 Å². The molecule has 1 aliphatic rings. The van der Waals surface area contributed by atoms with Crippen molar-refractivity contribution >= 4 is 16.1 Å². The fourth-order valence-corrected chi connectivity index (χ4v) is 5.91. The van der Waals surface area contributed by atoms with Crippen molar-refractivity contribution in [2.45, 2.75) is 51.8 Å². The number of carbonyl (C=O) groups excluding carboxylic acids is 1.